The van der Waals surface area contributed by atoms with Crippen molar-refractivity contribution in [2.75, 3.05) is 18.4 Å². The number of nitrogens with zero attached hydrogens (tertiary/aromatic N) is 3. The number of halogens is 1. The number of amides is 2. The fourth-order valence-corrected chi connectivity index (χ4v) is 5.45. The summed E-state index contributed by atoms with van der Waals surface area (Å²) < 4.78 is 21.7. The molecule has 0 atom stereocenters. The van der Waals surface area contributed by atoms with Gasteiger partial charge >= 0.3 is 6.09 Å². The molecule has 5 aromatic rings. The molecule has 8 nitrogen and oxygen atoms in total. The Morgan fingerprint density at radius 3 is 2.61 bits per heavy atom. The first-order chi connectivity index (χ1) is 19.6. The molecular weight excluding hydrogens is 541 g/mol. The summed E-state index contributed by atoms with van der Waals surface area (Å²) in [6, 6.07) is 17.9. The number of thiazole rings is 1. The Hall–Kier alpha value is -4.57. The molecule has 208 valence electrons. The number of rotatable bonds is 5. The van der Waals surface area contributed by atoms with Crippen molar-refractivity contribution in [3.05, 3.63) is 83.8 Å². The molecule has 2 aromatic heterocycles. The number of carbonyl (C=O) groups is 2. The zero-order chi connectivity index (χ0) is 28.7. The highest BCUT2D eigenvalue weighted by molar-refractivity contribution is 7.16. The zero-order valence-electron chi connectivity index (χ0n) is 22.8. The normalized spacial score (nSPS) is 13.7. The van der Waals surface area contributed by atoms with Gasteiger partial charge in [0, 0.05) is 47.2 Å². The van der Waals surface area contributed by atoms with Crippen LogP contribution < -0.4 is 10.6 Å². The van der Waals surface area contributed by atoms with E-state index in [2.05, 4.69) is 20.6 Å². The summed E-state index contributed by atoms with van der Waals surface area (Å²) in [5, 5.41) is 7.09. The van der Waals surface area contributed by atoms with Crippen LogP contribution in [0.2, 0.25) is 0 Å². The van der Waals surface area contributed by atoms with Gasteiger partial charge in [-0.1, -0.05) is 18.2 Å². The molecule has 0 spiro atoms. The molecule has 2 N–H and O–H groups in total. The second-order valence-electron chi connectivity index (χ2n) is 11.0. The van der Waals surface area contributed by atoms with Crippen LogP contribution in [0.3, 0.4) is 0 Å². The molecule has 2 amide bonds. The van der Waals surface area contributed by atoms with Gasteiger partial charge in [-0.05, 0) is 68.8 Å². The number of fused-ring (bicyclic) bond motifs is 2. The summed E-state index contributed by atoms with van der Waals surface area (Å²) in [5.41, 5.74) is 5.97. The number of hydrogen-bond acceptors (Lipinski definition) is 7. The fourth-order valence-electron chi connectivity index (χ4n) is 4.79. The maximum absolute atomic E-state index is 15.3. The second-order valence-corrected chi connectivity index (χ2v) is 11.9. The highest BCUT2D eigenvalue weighted by Crippen LogP contribution is 2.32. The topological polar surface area (TPSA) is 96.5 Å². The van der Waals surface area contributed by atoms with Gasteiger partial charge in [0.2, 0.25) is 0 Å². The van der Waals surface area contributed by atoms with E-state index in [-0.39, 0.29) is 17.5 Å². The number of anilines is 2. The van der Waals surface area contributed by atoms with Crippen LogP contribution in [0, 0.1) is 5.82 Å². The predicted molar refractivity (Wildman–Crippen MR) is 159 cm³/mol. The molecular formula is C31H28FN5O3S. The molecule has 0 radical (unpaired) electrons. The number of ether oxygens (including phenoxy) is 1. The minimum Gasteiger partial charge on any atom is -0.444 e. The molecule has 3 aromatic carbocycles. The van der Waals surface area contributed by atoms with Crippen LogP contribution in [-0.2, 0) is 4.74 Å². The minimum atomic E-state index is -0.597. The van der Waals surface area contributed by atoms with Gasteiger partial charge in [0.1, 0.15) is 11.4 Å². The first kappa shape index (κ1) is 26.6. The second kappa shape index (κ2) is 10.4. The first-order valence-electron chi connectivity index (χ1n) is 13.2. The van der Waals surface area contributed by atoms with Crippen LogP contribution in [0.25, 0.3) is 32.2 Å². The number of likely N-dealkylation sites (tertiary alicyclic amines) is 1. The molecule has 0 saturated carbocycles. The Kier molecular flexibility index (Phi) is 6.78. The third-order valence-electron chi connectivity index (χ3n) is 6.77. The van der Waals surface area contributed by atoms with E-state index < -0.39 is 17.5 Å². The maximum atomic E-state index is 15.3. The van der Waals surface area contributed by atoms with Crippen LogP contribution in [0.5, 0.6) is 0 Å². The van der Waals surface area contributed by atoms with Gasteiger partial charge in [0.25, 0.3) is 5.91 Å². The molecule has 10 heteroatoms. The lowest BCUT2D eigenvalue weighted by molar-refractivity contribution is 0.0359. The van der Waals surface area contributed by atoms with Crippen LogP contribution in [0.1, 0.15) is 31.1 Å². The maximum Gasteiger partial charge on any atom is 0.407 e. The summed E-state index contributed by atoms with van der Waals surface area (Å²) in [5.74, 6) is -0.783. The van der Waals surface area contributed by atoms with Crippen molar-refractivity contribution < 1.29 is 18.7 Å². The standard InChI is InChI=1S/C31H28FN5O3S/c1-31(2,3)40-30(39)36-21-15-37(16-21)29(38)19-5-7-22(24(32)12-19)18-4-8-23-25(10-11-33-26(23)13-18)35-20-6-9-28-27(14-20)34-17-41-28/h4-14,17,21H,15-16H2,1-3H3,(H,33,35)(H,36,39). The number of alkyl carbamates (subject to hydrolysis) is 1. The average Bonchev–Trinajstić information content (AvgIpc) is 3.37. The Labute approximate surface area is 240 Å². The van der Waals surface area contributed by atoms with E-state index in [1.54, 1.807) is 55.3 Å². The van der Waals surface area contributed by atoms with E-state index >= 15 is 4.39 Å². The van der Waals surface area contributed by atoms with Gasteiger partial charge in [-0.2, -0.15) is 0 Å². The number of nitrogens with one attached hydrogen (secondary N) is 2. The molecule has 3 heterocycles. The van der Waals surface area contributed by atoms with Crippen molar-refractivity contribution in [2.45, 2.75) is 32.4 Å². The van der Waals surface area contributed by atoms with Crippen LogP contribution >= 0.6 is 11.3 Å². The average molecular weight is 570 g/mol. The molecule has 0 bridgehead atoms. The molecule has 1 aliphatic heterocycles. The summed E-state index contributed by atoms with van der Waals surface area (Å²) >= 11 is 1.60. The number of hydrogen-bond donors (Lipinski definition) is 2. The zero-order valence-corrected chi connectivity index (χ0v) is 23.6. The van der Waals surface area contributed by atoms with Crippen molar-refractivity contribution in [3.63, 3.8) is 0 Å². The van der Waals surface area contributed by atoms with Gasteiger partial charge in [0.05, 0.1) is 27.3 Å². The number of carbonyl (C=O) groups excluding carboxylic acids is 2. The quantitative estimate of drug-likeness (QED) is 0.243. The van der Waals surface area contributed by atoms with Crippen LogP contribution in [0.4, 0.5) is 20.6 Å². The van der Waals surface area contributed by atoms with Crippen molar-refractivity contribution in [2.24, 2.45) is 0 Å². The van der Waals surface area contributed by atoms with E-state index in [4.69, 9.17) is 4.74 Å². The smallest absolute Gasteiger partial charge is 0.407 e. The Morgan fingerprint density at radius 1 is 1.00 bits per heavy atom. The lowest BCUT2D eigenvalue weighted by Crippen LogP contribution is -2.61. The van der Waals surface area contributed by atoms with E-state index in [0.717, 1.165) is 27.0 Å². The first-order valence-corrected chi connectivity index (χ1v) is 14.1. The van der Waals surface area contributed by atoms with Crippen molar-refractivity contribution >= 4 is 55.8 Å². The fraction of sp³-hybridized carbons (Fsp3) is 0.226. The summed E-state index contributed by atoms with van der Waals surface area (Å²) in [6.45, 7) is 6.04. The largest absolute Gasteiger partial charge is 0.444 e. The molecule has 1 aliphatic rings. The van der Waals surface area contributed by atoms with Crippen LogP contribution in [0.15, 0.2) is 72.4 Å². The monoisotopic (exact) mass is 569 g/mol. The molecule has 0 aliphatic carbocycles. The lowest BCUT2D eigenvalue weighted by Gasteiger charge is -2.39. The third kappa shape index (κ3) is 5.69. The SMILES string of the molecule is CC(C)(C)OC(=O)NC1CN(C(=O)c2ccc(-c3ccc4c(Nc5ccc6scnc6c5)ccnc4c3)c(F)c2)C1. The minimum absolute atomic E-state index is 0.197. The van der Waals surface area contributed by atoms with Gasteiger partial charge in [0.15, 0.2) is 0 Å². The third-order valence-corrected chi connectivity index (χ3v) is 7.58. The van der Waals surface area contributed by atoms with E-state index in [9.17, 15) is 9.59 Å². The van der Waals surface area contributed by atoms with Crippen LogP contribution in [-0.4, -0.2) is 51.6 Å². The summed E-state index contributed by atoms with van der Waals surface area (Å²) in [4.78, 5) is 35.3. The highest BCUT2D eigenvalue weighted by atomic mass is 32.1. The molecule has 41 heavy (non-hydrogen) atoms. The van der Waals surface area contributed by atoms with Crippen molar-refractivity contribution in [3.8, 4) is 11.1 Å². The summed E-state index contributed by atoms with van der Waals surface area (Å²) in [7, 11) is 0. The molecule has 1 fully saturated rings. The van der Waals surface area contributed by atoms with Crippen molar-refractivity contribution in [1.82, 2.24) is 20.2 Å². The Balaban J connectivity index is 1.15. The van der Waals surface area contributed by atoms with Gasteiger partial charge < -0.3 is 20.3 Å². The highest BCUT2D eigenvalue weighted by Gasteiger charge is 2.33. The van der Waals surface area contributed by atoms with Gasteiger partial charge in [-0.15, -0.1) is 11.3 Å². The van der Waals surface area contributed by atoms with Gasteiger partial charge in [-0.3, -0.25) is 9.78 Å². The van der Waals surface area contributed by atoms with E-state index in [0.29, 0.717) is 29.7 Å². The number of pyridine rings is 1. The lowest BCUT2D eigenvalue weighted by atomic mass is 10.00. The molecule has 6 rings (SSSR count). The Bertz CT molecular complexity index is 1790. The number of benzene rings is 3. The molecule has 1 saturated heterocycles. The van der Waals surface area contributed by atoms with Gasteiger partial charge in [-0.25, -0.2) is 14.2 Å². The predicted octanol–water partition coefficient (Wildman–Crippen LogP) is 6.74. The molecule has 0 unspecified atom stereocenters. The van der Waals surface area contributed by atoms with Crippen molar-refractivity contribution in [1.29, 1.82) is 0 Å². The Morgan fingerprint density at radius 2 is 1.83 bits per heavy atom. The van der Waals surface area contributed by atoms with E-state index in [1.807, 2.05) is 48.0 Å². The summed E-state index contributed by atoms with van der Waals surface area (Å²) in [6.07, 6.45) is 1.20. The van der Waals surface area contributed by atoms with E-state index in [1.165, 1.54) is 6.07 Å². The number of aromatic nitrogens is 2.